The van der Waals surface area contributed by atoms with Crippen LogP contribution in [-0.2, 0) is 4.74 Å². The van der Waals surface area contributed by atoms with Gasteiger partial charge in [0.1, 0.15) is 5.56 Å². The number of halogens is 1. The molecule has 4 heteroatoms. The first-order valence-electron chi connectivity index (χ1n) is 4.70. The van der Waals surface area contributed by atoms with E-state index in [1.807, 2.05) is 6.92 Å². The van der Waals surface area contributed by atoms with Crippen LogP contribution >= 0.6 is 0 Å². The van der Waals surface area contributed by atoms with Crippen molar-refractivity contribution < 1.29 is 18.7 Å². The normalized spacial score (nSPS) is 9.80. The molecule has 0 spiro atoms. The van der Waals surface area contributed by atoms with Gasteiger partial charge in [0, 0.05) is 0 Å². The fourth-order valence-corrected chi connectivity index (χ4v) is 1.13. The van der Waals surface area contributed by atoms with Gasteiger partial charge in [0.05, 0.1) is 13.7 Å². The summed E-state index contributed by atoms with van der Waals surface area (Å²) in [5.74, 6) is -1.18. The Morgan fingerprint density at radius 1 is 1.47 bits per heavy atom. The molecule has 0 aliphatic carbocycles. The second-order valence-electron chi connectivity index (χ2n) is 2.96. The van der Waals surface area contributed by atoms with Crippen molar-refractivity contribution in [2.24, 2.45) is 0 Å². The molecule has 0 radical (unpaired) electrons. The van der Waals surface area contributed by atoms with E-state index in [1.165, 1.54) is 25.3 Å². The standard InChI is InChI=1S/C11H13FO3/c1-3-7-15-10-8(11(13)14-2)5-4-6-9(10)12/h4-6H,3,7H2,1-2H3. The number of para-hydroxylation sites is 1. The number of benzene rings is 1. The molecule has 0 fully saturated rings. The lowest BCUT2D eigenvalue weighted by Gasteiger charge is -2.09. The van der Waals surface area contributed by atoms with E-state index < -0.39 is 11.8 Å². The quantitative estimate of drug-likeness (QED) is 0.719. The summed E-state index contributed by atoms with van der Waals surface area (Å²) >= 11 is 0. The molecule has 1 rings (SSSR count). The van der Waals surface area contributed by atoms with E-state index in [9.17, 15) is 9.18 Å². The maximum atomic E-state index is 13.3. The summed E-state index contributed by atoms with van der Waals surface area (Å²) in [5, 5.41) is 0. The first kappa shape index (κ1) is 11.5. The molecule has 0 aliphatic rings. The molecule has 3 nitrogen and oxygen atoms in total. The van der Waals surface area contributed by atoms with E-state index in [1.54, 1.807) is 0 Å². The monoisotopic (exact) mass is 212 g/mol. The highest BCUT2D eigenvalue weighted by atomic mass is 19.1. The lowest BCUT2D eigenvalue weighted by Crippen LogP contribution is -2.07. The summed E-state index contributed by atoms with van der Waals surface area (Å²) in [6.07, 6.45) is 0.745. The second kappa shape index (κ2) is 5.34. The van der Waals surface area contributed by atoms with Gasteiger partial charge in [-0.1, -0.05) is 13.0 Å². The van der Waals surface area contributed by atoms with Gasteiger partial charge in [-0.2, -0.15) is 0 Å². The van der Waals surface area contributed by atoms with Crippen molar-refractivity contribution in [1.82, 2.24) is 0 Å². The van der Waals surface area contributed by atoms with Gasteiger partial charge in [-0.25, -0.2) is 9.18 Å². The Bertz CT molecular complexity index is 350. The van der Waals surface area contributed by atoms with Gasteiger partial charge in [-0.05, 0) is 18.6 Å². The molecule has 0 amide bonds. The molecule has 0 aliphatic heterocycles. The molecular weight excluding hydrogens is 199 g/mol. The minimum Gasteiger partial charge on any atom is -0.490 e. The number of esters is 1. The van der Waals surface area contributed by atoms with Crippen LogP contribution in [-0.4, -0.2) is 19.7 Å². The summed E-state index contributed by atoms with van der Waals surface area (Å²) in [6.45, 7) is 2.27. The van der Waals surface area contributed by atoms with E-state index in [4.69, 9.17) is 4.74 Å². The highest BCUT2D eigenvalue weighted by molar-refractivity contribution is 5.92. The molecule has 0 heterocycles. The highest BCUT2D eigenvalue weighted by Gasteiger charge is 2.16. The van der Waals surface area contributed by atoms with Gasteiger partial charge in [0.15, 0.2) is 11.6 Å². The molecular formula is C11H13FO3. The Kier molecular flexibility index (Phi) is 4.09. The molecule has 1 aromatic carbocycles. The van der Waals surface area contributed by atoms with E-state index in [0.29, 0.717) is 6.61 Å². The molecule has 0 N–H and O–H groups in total. The Hall–Kier alpha value is -1.58. The molecule has 0 saturated carbocycles. The number of rotatable bonds is 4. The van der Waals surface area contributed by atoms with Gasteiger partial charge in [0.2, 0.25) is 0 Å². The zero-order valence-electron chi connectivity index (χ0n) is 8.75. The Balaban J connectivity index is 3.03. The first-order valence-corrected chi connectivity index (χ1v) is 4.70. The lowest BCUT2D eigenvalue weighted by molar-refractivity contribution is 0.0595. The van der Waals surface area contributed by atoms with Gasteiger partial charge in [0.25, 0.3) is 0 Å². The average Bonchev–Trinajstić information content (AvgIpc) is 2.26. The number of ether oxygens (including phenoxy) is 2. The minimum atomic E-state index is -0.597. The number of carbonyl (C=O) groups is 1. The van der Waals surface area contributed by atoms with E-state index >= 15 is 0 Å². The average molecular weight is 212 g/mol. The molecule has 15 heavy (non-hydrogen) atoms. The van der Waals surface area contributed by atoms with Crippen LogP contribution in [0, 0.1) is 5.82 Å². The summed E-state index contributed by atoms with van der Waals surface area (Å²) < 4.78 is 23.0. The van der Waals surface area contributed by atoms with Crippen molar-refractivity contribution >= 4 is 5.97 Å². The lowest BCUT2D eigenvalue weighted by atomic mass is 10.2. The SMILES string of the molecule is CCCOc1c(F)cccc1C(=O)OC. The van der Waals surface area contributed by atoms with Gasteiger partial charge in [-0.15, -0.1) is 0 Å². The molecule has 0 saturated heterocycles. The van der Waals surface area contributed by atoms with E-state index in [-0.39, 0.29) is 11.3 Å². The first-order chi connectivity index (χ1) is 7.20. The number of methoxy groups -OCH3 is 1. The topological polar surface area (TPSA) is 35.5 Å². The van der Waals surface area contributed by atoms with Crippen LogP contribution in [0.5, 0.6) is 5.75 Å². The zero-order valence-corrected chi connectivity index (χ0v) is 8.75. The Morgan fingerprint density at radius 2 is 2.20 bits per heavy atom. The van der Waals surface area contributed by atoms with Crippen LogP contribution in [0.25, 0.3) is 0 Å². The minimum absolute atomic E-state index is 0.0359. The molecule has 82 valence electrons. The third-order valence-corrected chi connectivity index (χ3v) is 1.82. The second-order valence-corrected chi connectivity index (χ2v) is 2.96. The summed E-state index contributed by atoms with van der Waals surface area (Å²) in [6, 6.07) is 4.16. The van der Waals surface area contributed by atoms with Gasteiger partial charge in [-0.3, -0.25) is 0 Å². The van der Waals surface area contributed by atoms with Crippen molar-refractivity contribution in [3.63, 3.8) is 0 Å². The summed E-state index contributed by atoms with van der Waals surface area (Å²) in [4.78, 5) is 11.3. The Morgan fingerprint density at radius 3 is 2.80 bits per heavy atom. The van der Waals surface area contributed by atoms with Crippen LogP contribution in [0.4, 0.5) is 4.39 Å². The number of hydrogen-bond donors (Lipinski definition) is 0. The molecule has 0 aromatic heterocycles. The Labute approximate surface area is 87.8 Å². The molecule has 1 aromatic rings. The van der Waals surface area contributed by atoms with Crippen LogP contribution in [0.2, 0.25) is 0 Å². The zero-order chi connectivity index (χ0) is 11.3. The van der Waals surface area contributed by atoms with Gasteiger partial charge >= 0.3 is 5.97 Å². The summed E-state index contributed by atoms with van der Waals surface area (Å²) in [7, 11) is 1.25. The van der Waals surface area contributed by atoms with E-state index in [2.05, 4.69) is 4.74 Å². The molecule has 0 bridgehead atoms. The predicted molar refractivity (Wildman–Crippen MR) is 53.5 cm³/mol. The number of carbonyl (C=O) groups excluding carboxylic acids is 1. The number of hydrogen-bond acceptors (Lipinski definition) is 3. The summed E-state index contributed by atoms with van der Waals surface area (Å²) in [5.41, 5.74) is 0.117. The largest absolute Gasteiger partial charge is 0.490 e. The predicted octanol–water partition coefficient (Wildman–Crippen LogP) is 2.40. The maximum absolute atomic E-state index is 13.3. The van der Waals surface area contributed by atoms with Crippen molar-refractivity contribution in [3.05, 3.63) is 29.6 Å². The van der Waals surface area contributed by atoms with Crippen LogP contribution in [0.3, 0.4) is 0 Å². The van der Waals surface area contributed by atoms with Crippen LogP contribution < -0.4 is 4.74 Å². The molecule has 0 atom stereocenters. The van der Waals surface area contributed by atoms with Crippen molar-refractivity contribution in [2.45, 2.75) is 13.3 Å². The third kappa shape index (κ3) is 2.68. The third-order valence-electron chi connectivity index (χ3n) is 1.82. The van der Waals surface area contributed by atoms with Crippen LogP contribution in [0.15, 0.2) is 18.2 Å². The highest BCUT2D eigenvalue weighted by Crippen LogP contribution is 2.23. The smallest absolute Gasteiger partial charge is 0.341 e. The van der Waals surface area contributed by atoms with Crippen molar-refractivity contribution in [1.29, 1.82) is 0 Å². The van der Waals surface area contributed by atoms with Crippen LogP contribution in [0.1, 0.15) is 23.7 Å². The molecule has 0 unspecified atom stereocenters. The van der Waals surface area contributed by atoms with E-state index in [0.717, 1.165) is 6.42 Å². The van der Waals surface area contributed by atoms with Gasteiger partial charge < -0.3 is 9.47 Å². The maximum Gasteiger partial charge on any atom is 0.341 e. The fourth-order valence-electron chi connectivity index (χ4n) is 1.13. The van der Waals surface area contributed by atoms with Crippen molar-refractivity contribution in [3.8, 4) is 5.75 Å². The van der Waals surface area contributed by atoms with Crippen molar-refractivity contribution in [2.75, 3.05) is 13.7 Å². The fraction of sp³-hybridized carbons (Fsp3) is 0.364.